The Labute approximate surface area is 140 Å². The minimum atomic E-state index is 0.0245. The van der Waals surface area contributed by atoms with Crippen molar-refractivity contribution in [3.63, 3.8) is 0 Å². The zero-order valence-electron chi connectivity index (χ0n) is 14.1. The van der Waals surface area contributed by atoms with Gasteiger partial charge in [0, 0.05) is 39.2 Å². The first kappa shape index (κ1) is 16.6. The van der Waals surface area contributed by atoms with E-state index in [9.17, 15) is 4.79 Å². The van der Waals surface area contributed by atoms with Crippen LogP contribution in [0.3, 0.4) is 0 Å². The molecule has 0 spiro atoms. The Balaban J connectivity index is 1.51. The van der Waals surface area contributed by atoms with Crippen LogP contribution in [0.2, 0.25) is 0 Å². The van der Waals surface area contributed by atoms with Crippen LogP contribution in [0, 0.1) is 6.92 Å². The number of hydrogen-bond donors (Lipinski definition) is 0. The molecule has 8 heteroatoms. The Morgan fingerprint density at radius 3 is 3.12 bits per heavy atom. The van der Waals surface area contributed by atoms with E-state index in [-0.39, 0.29) is 12.0 Å². The summed E-state index contributed by atoms with van der Waals surface area (Å²) in [5, 5.41) is 8.02. The van der Waals surface area contributed by atoms with Crippen LogP contribution < -0.4 is 0 Å². The zero-order chi connectivity index (χ0) is 16.9. The van der Waals surface area contributed by atoms with Gasteiger partial charge in [0.2, 0.25) is 5.89 Å². The van der Waals surface area contributed by atoms with E-state index < -0.39 is 0 Å². The molecule has 1 fully saturated rings. The standard InChI is InChI=1S/C16H23N5O3/c1-3-21-14(6-8-17-21)16(22)20-9-4-5-13(11-20)23-10-7-15-18-12(2)24-19-15/h6,8,13H,3-5,7,9-11H2,1-2H3. The average Bonchev–Trinajstić information content (AvgIpc) is 3.23. The second kappa shape index (κ2) is 7.57. The molecule has 1 saturated heterocycles. The largest absolute Gasteiger partial charge is 0.376 e. The molecule has 0 saturated carbocycles. The Kier molecular flexibility index (Phi) is 5.24. The van der Waals surface area contributed by atoms with Crippen LogP contribution >= 0.6 is 0 Å². The summed E-state index contributed by atoms with van der Waals surface area (Å²) in [6.07, 6.45) is 4.24. The molecule has 1 aliphatic rings. The highest BCUT2D eigenvalue weighted by Gasteiger charge is 2.26. The summed E-state index contributed by atoms with van der Waals surface area (Å²) < 4.78 is 12.6. The molecule has 2 aromatic heterocycles. The Morgan fingerprint density at radius 2 is 2.38 bits per heavy atom. The number of carbonyl (C=O) groups excluding carboxylic acids is 1. The Hall–Kier alpha value is -2.22. The van der Waals surface area contributed by atoms with E-state index in [4.69, 9.17) is 9.26 Å². The third-order valence-corrected chi connectivity index (χ3v) is 4.15. The van der Waals surface area contributed by atoms with Gasteiger partial charge in [0.05, 0.1) is 12.7 Å². The van der Waals surface area contributed by atoms with Crippen LogP contribution in [-0.4, -0.2) is 56.5 Å². The van der Waals surface area contributed by atoms with E-state index in [1.165, 1.54) is 0 Å². The van der Waals surface area contributed by atoms with Gasteiger partial charge in [-0.25, -0.2) is 0 Å². The van der Waals surface area contributed by atoms with Gasteiger partial charge >= 0.3 is 0 Å². The molecule has 130 valence electrons. The van der Waals surface area contributed by atoms with E-state index in [0.717, 1.165) is 19.4 Å². The SMILES string of the molecule is CCn1nccc1C(=O)N1CCCC(OCCc2noc(C)n2)C1. The lowest BCUT2D eigenvalue weighted by Crippen LogP contribution is -2.44. The van der Waals surface area contributed by atoms with Gasteiger partial charge in [-0.15, -0.1) is 0 Å². The maximum atomic E-state index is 12.7. The van der Waals surface area contributed by atoms with Gasteiger partial charge in [-0.3, -0.25) is 9.48 Å². The summed E-state index contributed by atoms with van der Waals surface area (Å²) >= 11 is 0. The molecule has 1 aliphatic heterocycles. The molecule has 3 heterocycles. The van der Waals surface area contributed by atoms with E-state index in [0.29, 0.717) is 43.5 Å². The van der Waals surface area contributed by atoms with E-state index in [1.54, 1.807) is 23.9 Å². The Bertz CT molecular complexity index is 681. The number of amides is 1. The lowest BCUT2D eigenvalue weighted by Gasteiger charge is -2.32. The minimum Gasteiger partial charge on any atom is -0.376 e. The summed E-state index contributed by atoms with van der Waals surface area (Å²) in [7, 11) is 0. The van der Waals surface area contributed by atoms with Gasteiger partial charge in [-0.1, -0.05) is 5.16 Å². The molecule has 0 aromatic carbocycles. The number of nitrogens with zero attached hydrogens (tertiary/aromatic N) is 5. The number of ether oxygens (including phenoxy) is 1. The van der Waals surface area contributed by atoms with Gasteiger partial charge < -0.3 is 14.2 Å². The number of likely N-dealkylation sites (tertiary alicyclic amines) is 1. The van der Waals surface area contributed by atoms with Gasteiger partial charge in [-0.05, 0) is 25.8 Å². The highest BCUT2D eigenvalue weighted by atomic mass is 16.5. The van der Waals surface area contributed by atoms with Crippen LogP contribution in [0.4, 0.5) is 0 Å². The lowest BCUT2D eigenvalue weighted by molar-refractivity contribution is 0.00212. The Morgan fingerprint density at radius 1 is 1.50 bits per heavy atom. The lowest BCUT2D eigenvalue weighted by atomic mass is 10.1. The molecule has 0 aliphatic carbocycles. The van der Waals surface area contributed by atoms with Crippen LogP contribution in [0.1, 0.15) is 42.0 Å². The molecule has 2 aromatic rings. The highest BCUT2D eigenvalue weighted by molar-refractivity contribution is 5.92. The van der Waals surface area contributed by atoms with Crippen molar-refractivity contribution in [1.82, 2.24) is 24.8 Å². The maximum absolute atomic E-state index is 12.7. The summed E-state index contributed by atoms with van der Waals surface area (Å²) in [5.41, 5.74) is 0.639. The average molecular weight is 333 g/mol. The molecular formula is C16H23N5O3. The molecule has 24 heavy (non-hydrogen) atoms. The van der Waals surface area contributed by atoms with Crippen molar-refractivity contribution >= 4 is 5.91 Å². The van der Waals surface area contributed by atoms with Crippen molar-refractivity contribution in [1.29, 1.82) is 0 Å². The third kappa shape index (κ3) is 3.81. The van der Waals surface area contributed by atoms with Gasteiger partial charge in [0.1, 0.15) is 5.69 Å². The first-order valence-corrected chi connectivity index (χ1v) is 8.39. The van der Waals surface area contributed by atoms with Crippen LogP contribution in [0.15, 0.2) is 16.8 Å². The molecule has 0 bridgehead atoms. The van der Waals surface area contributed by atoms with Gasteiger partial charge in [-0.2, -0.15) is 10.1 Å². The normalized spacial score (nSPS) is 18.1. The van der Waals surface area contributed by atoms with E-state index in [2.05, 4.69) is 15.2 Å². The van der Waals surface area contributed by atoms with Crippen molar-refractivity contribution in [2.75, 3.05) is 19.7 Å². The van der Waals surface area contributed by atoms with Crippen LogP contribution in [-0.2, 0) is 17.7 Å². The second-order valence-corrected chi connectivity index (χ2v) is 5.90. The van der Waals surface area contributed by atoms with E-state index in [1.807, 2.05) is 11.8 Å². The third-order valence-electron chi connectivity index (χ3n) is 4.15. The molecular weight excluding hydrogens is 310 g/mol. The molecule has 0 radical (unpaired) electrons. The quantitative estimate of drug-likeness (QED) is 0.795. The highest BCUT2D eigenvalue weighted by Crippen LogP contribution is 2.16. The second-order valence-electron chi connectivity index (χ2n) is 5.90. The number of piperidine rings is 1. The maximum Gasteiger partial charge on any atom is 0.272 e. The summed E-state index contributed by atoms with van der Waals surface area (Å²) in [6.45, 7) is 6.33. The van der Waals surface area contributed by atoms with Crippen molar-refractivity contribution in [3.05, 3.63) is 29.7 Å². The summed E-state index contributed by atoms with van der Waals surface area (Å²) in [6, 6.07) is 1.77. The summed E-state index contributed by atoms with van der Waals surface area (Å²) in [4.78, 5) is 18.7. The first-order chi connectivity index (χ1) is 11.7. The molecule has 3 rings (SSSR count). The van der Waals surface area contributed by atoms with Gasteiger partial charge in [0.25, 0.3) is 5.91 Å². The zero-order valence-corrected chi connectivity index (χ0v) is 14.1. The van der Waals surface area contributed by atoms with Gasteiger partial charge in [0.15, 0.2) is 5.82 Å². The molecule has 8 nitrogen and oxygen atoms in total. The number of rotatable bonds is 6. The monoisotopic (exact) mass is 333 g/mol. The fourth-order valence-electron chi connectivity index (χ4n) is 2.95. The number of hydrogen-bond acceptors (Lipinski definition) is 6. The predicted octanol–water partition coefficient (Wildman–Crippen LogP) is 1.46. The predicted molar refractivity (Wildman–Crippen MR) is 85.5 cm³/mol. The van der Waals surface area contributed by atoms with Crippen LogP contribution in [0.5, 0.6) is 0 Å². The number of aryl methyl sites for hydroxylation is 2. The van der Waals surface area contributed by atoms with E-state index >= 15 is 0 Å². The van der Waals surface area contributed by atoms with Crippen molar-refractivity contribution in [2.24, 2.45) is 0 Å². The minimum absolute atomic E-state index is 0.0245. The molecule has 0 N–H and O–H groups in total. The van der Waals surface area contributed by atoms with Crippen molar-refractivity contribution in [2.45, 2.75) is 45.8 Å². The fourth-order valence-corrected chi connectivity index (χ4v) is 2.95. The number of carbonyl (C=O) groups is 1. The molecule has 1 atom stereocenters. The van der Waals surface area contributed by atoms with Crippen molar-refractivity contribution in [3.8, 4) is 0 Å². The summed E-state index contributed by atoms with van der Waals surface area (Å²) in [5.74, 6) is 1.24. The first-order valence-electron chi connectivity index (χ1n) is 8.39. The fraction of sp³-hybridized carbons (Fsp3) is 0.625. The smallest absolute Gasteiger partial charge is 0.272 e. The molecule has 1 unspecified atom stereocenters. The van der Waals surface area contributed by atoms with Crippen LogP contribution in [0.25, 0.3) is 0 Å². The van der Waals surface area contributed by atoms with Crippen molar-refractivity contribution < 1.29 is 14.1 Å². The number of aromatic nitrogens is 4. The molecule has 1 amide bonds. The topological polar surface area (TPSA) is 86.3 Å².